The van der Waals surface area contributed by atoms with E-state index in [2.05, 4.69) is 31.1 Å². The number of hydrogen-bond acceptors (Lipinski definition) is 10. The number of hydrogen-bond donors (Lipinski definition) is 5. The van der Waals surface area contributed by atoms with Crippen molar-refractivity contribution >= 4 is 52.2 Å². The Morgan fingerprint density at radius 3 is 2.71 bits per heavy atom. The van der Waals surface area contributed by atoms with Crippen LogP contribution in [0.4, 0.5) is 17.2 Å². The molecule has 0 atom stereocenters. The van der Waals surface area contributed by atoms with Crippen LogP contribution in [0.25, 0.3) is 10.6 Å². The molecule has 4 rings (SSSR count). The molecule has 2 heterocycles. The third-order valence-corrected chi connectivity index (χ3v) is 6.46. The van der Waals surface area contributed by atoms with Crippen molar-refractivity contribution in [2.45, 2.75) is 19.3 Å². The number of primary amides is 1. The summed E-state index contributed by atoms with van der Waals surface area (Å²) in [5, 5.41) is 18.3. The number of ether oxygens (including phenoxy) is 1. The van der Waals surface area contributed by atoms with E-state index in [9.17, 15) is 19.2 Å². The molecule has 0 radical (unpaired) electrons. The van der Waals surface area contributed by atoms with Gasteiger partial charge in [-0.25, -0.2) is 4.98 Å². The number of aromatic nitrogens is 3. The quantitative estimate of drug-likeness (QED) is 0.240. The van der Waals surface area contributed by atoms with Crippen LogP contribution in [0.3, 0.4) is 0 Å². The number of rotatable bonds is 11. The van der Waals surface area contributed by atoms with Gasteiger partial charge in [0.05, 0.1) is 30.2 Å². The first-order chi connectivity index (χ1) is 19.4. The molecule has 1 aliphatic carbocycles. The first-order valence-corrected chi connectivity index (χ1v) is 12.2. The van der Waals surface area contributed by atoms with E-state index < -0.39 is 24.7 Å². The zero-order valence-electron chi connectivity index (χ0n) is 23.2. The maximum Gasteiger partial charge on any atom is 0.273 e. The van der Waals surface area contributed by atoms with Crippen molar-refractivity contribution in [1.29, 1.82) is 0 Å². The predicted molar refractivity (Wildman–Crippen MR) is 140 cm³/mol. The van der Waals surface area contributed by atoms with E-state index >= 15 is 0 Å². The number of carbonyl (C=O) groups excluding carboxylic acids is 4. The first-order valence-electron chi connectivity index (χ1n) is 12.9. The minimum Gasteiger partial charge on any atom is -0.494 e. The Hall–Kier alpha value is -4.59. The molecule has 38 heavy (non-hydrogen) atoms. The van der Waals surface area contributed by atoms with Gasteiger partial charge in [-0.1, -0.05) is 6.07 Å². The minimum absolute atomic E-state index is 0.00114. The molecule has 1 saturated carbocycles. The third kappa shape index (κ3) is 6.21. The zero-order chi connectivity index (χ0) is 29.7. The van der Waals surface area contributed by atoms with Gasteiger partial charge >= 0.3 is 0 Å². The molecule has 2 aromatic heterocycles. The van der Waals surface area contributed by atoms with Crippen molar-refractivity contribution in [3.8, 4) is 16.3 Å². The number of benzene rings is 1. The molecule has 13 nitrogen and oxygen atoms in total. The van der Waals surface area contributed by atoms with Crippen molar-refractivity contribution in [3.05, 3.63) is 41.0 Å². The van der Waals surface area contributed by atoms with E-state index in [1.165, 1.54) is 19.4 Å². The summed E-state index contributed by atoms with van der Waals surface area (Å²) in [6, 6.07) is 6.40. The lowest BCUT2D eigenvalue weighted by molar-refractivity contribution is -0.118. The molecule has 0 bridgehead atoms. The molecule has 4 amide bonds. The van der Waals surface area contributed by atoms with Crippen molar-refractivity contribution in [1.82, 2.24) is 25.8 Å². The molecule has 14 heteroatoms. The summed E-state index contributed by atoms with van der Waals surface area (Å²) < 4.78 is 27.7. The molecule has 1 aromatic carbocycles. The Bertz CT molecular complexity index is 1490. The van der Waals surface area contributed by atoms with Crippen molar-refractivity contribution in [2.75, 3.05) is 31.3 Å². The lowest BCUT2D eigenvalue weighted by atomic mass is 10.1. The summed E-state index contributed by atoms with van der Waals surface area (Å²) in [6.07, 6.45) is 2.92. The fourth-order valence-electron chi connectivity index (χ4n) is 3.41. The topological polar surface area (TPSA) is 190 Å². The number of amides is 4. The number of nitrogens with two attached hydrogens (primary N) is 1. The SMILES string of the molecule is [2H]C([2H])([2H])NC(=O)c1nnc(NC(=O)C2CC2)cc1Nc1cccc(-c2ncc(C(=O)NCCC(N)=O)s2)c1OC. The van der Waals surface area contributed by atoms with Gasteiger partial charge in [-0.2, -0.15) is 0 Å². The molecule has 1 fully saturated rings. The van der Waals surface area contributed by atoms with Gasteiger partial charge < -0.3 is 31.7 Å². The second-order valence-electron chi connectivity index (χ2n) is 8.22. The van der Waals surface area contributed by atoms with E-state index in [-0.39, 0.29) is 42.0 Å². The van der Waals surface area contributed by atoms with E-state index in [0.29, 0.717) is 26.9 Å². The second-order valence-corrected chi connectivity index (χ2v) is 9.25. The van der Waals surface area contributed by atoms with Gasteiger partial charge in [-0.15, -0.1) is 21.5 Å². The average Bonchev–Trinajstić information content (AvgIpc) is 3.64. The lowest BCUT2D eigenvalue weighted by Crippen LogP contribution is -2.27. The molecule has 1 aliphatic rings. The maximum absolute atomic E-state index is 12.7. The number of methoxy groups -OCH3 is 1. The average molecular weight is 542 g/mol. The summed E-state index contributed by atoms with van der Waals surface area (Å²) in [7, 11) is 1.42. The highest BCUT2D eigenvalue weighted by molar-refractivity contribution is 7.17. The maximum atomic E-state index is 12.7. The van der Waals surface area contributed by atoms with Gasteiger partial charge in [0.2, 0.25) is 11.8 Å². The Labute approximate surface area is 225 Å². The van der Waals surface area contributed by atoms with Gasteiger partial charge in [-0.3, -0.25) is 19.2 Å². The van der Waals surface area contributed by atoms with E-state index in [4.69, 9.17) is 14.6 Å². The van der Waals surface area contributed by atoms with Crippen LogP contribution in [0.15, 0.2) is 30.5 Å². The smallest absolute Gasteiger partial charge is 0.273 e. The fraction of sp³-hybridized carbons (Fsp3) is 0.292. The number of para-hydroxylation sites is 1. The standard InChI is InChI=1S/C24H26N8O5S/c1-26-23(36)19-15(10-18(31-32-19)30-21(34)12-6-7-12)29-14-5-3-4-13(20(14)37-2)24-28-11-16(38-24)22(35)27-9-8-17(25)33/h3-5,10-12H,6-9H2,1-2H3,(H2,25,33)(H,26,36)(H,27,35)(H2,29,30,31,34)/i1D3. The van der Waals surface area contributed by atoms with Gasteiger partial charge in [0, 0.05) is 36.0 Å². The van der Waals surface area contributed by atoms with Crippen LogP contribution in [0.1, 0.15) is 43.5 Å². The summed E-state index contributed by atoms with van der Waals surface area (Å²) in [4.78, 5) is 53.0. The fourth-order valence-corrected chi connectivity index (χ4v) is 4.26. The van der Waals surface area contributed by atoms with Crippen LogP contribution < -0.4 is 31.7 Å². The first kappa shape index (κ1) is 22.6. The summed E-state index contributed by atoms with van der Waals surface area (Å²) in [5.41, 5.74) is 5.68. The van der Waals surface area contributed by atoms with E-state index in [1.54, 1.807) is 18.2 Å². The second kappa shape index (κ2) is 11.6. The zero-order valence-corrected chi connectivity index (χ0v) is 21.0. The van der Waals surface area contributed by atoms with E-state index in [0.717, 1.165) is 24.2 Å². The number of carbonyl (C=O) groups is 4. The highest BCUT2D eigenvalue weighted by atomic mass is 32.1. The largest absolute Gasteiger partial charge is 0.494 e. The molecule has 0 saturated heterocycles. The van der Waals surface area contributed by atoms with Gasteiger partial charge in [0.15, 0.2) is 17.3 Å². The van der Waals surface area contributed by atoms with Crippen LogP contribution in [-0.4, -0.2) is 59.4 Å². The van der Waals surface area contributed by atoms with Gasteiger partial charge in [0.25, 0.3) is 11.8 Å². The van der Waals surface area contributed by atoms with Crippen LogP contribution >= 0.6 is 11.3 Å². The number of thiazole rings is 1. The molecule has 0 aliphatic heterocycles. The van der Waals surface area contributed by atoms with Gasteiger partial charge in [0.1, 0.15) is 9.88 Å². The van der Waals surface area contributed by atoms with Crippen molar-refractivity contribution in [3.63, 3.8) is 0 Å². The molecule has 0 spiro atoms. The third-order valence-electron chi connectivity index (χ3n) is 5.43. The summed E-state index contributed by atoms with van der Waals surface area (Å²) >= 11 is 1.09. The van der Waals surface area contributed by atoms with Crippen molar-refractivity contribution < 1.29 is 28.0 Å². The molecule has 198 valence electrons. The van der Waals surface area contributed by atoms with Crippen LogP contribution in [-0.2, 0) is 9.59 Å². The Morgan fingerprint density at radius 1 is 1.18 bits per heavy atom. The number of nitrogens with zero attached hydrogens (tertiary/aromatic N) is 3. The number of nitrogens with one attached hydrogen (secondary N) is 4. The monoisotopic (exact) mass is 541 g/mol. The summed E-state index contributed by atoms with van der Waals surface area (Å²) in [6.45, 7) is -2.69. The molecular weight excluding hydrogens is 512 g/mol. The Kier molecular flexibility index (Phi) is 6.92. The number of anilines is 3. The highest BCUT2D eigenvalue weighted by Crippen LogP contribution is 2.40. The lowest BCUT2D eigenvalue weighted by Gasteiger charge is -2.16. The van der Waals surface area contributed by atoms with Crippen LogP contribution in [0.2, 0.25) is 0 Å². The Morgan fingerprint density at radius 2 is 2.00 bits per heavy atom. The van der Waals surface area contributed by atoms with Crippen LogP contribution in [0.5, 0.6) is 5.75 Å². The van der Waals surface area contributed by atoms with E-state index in [1.807, 2.05) is 5.32 Å². The Balaban J connectivity index is 1.64. The normalized spacial score (nSPS) is 13.9. The summed E-state index contributed by atoms with van der Waals surface area (Å²) in [5.74, 6) is -1.95. The highest BCUT2D eigenvalue weighted by Gasteiger charge is 2.30. The minimum atomic E-state index is -2.78. The molecule has 3 aromatic rings. The van der Waals surface area contributed by atoms with Crippen LogP contribution in [0, 0.1) is 5.92 Å². The van der Waals surface area contributed by atoms with Gasteiger partial charge in [-0.05, 0) is 25.0 Å². The molecular formula is C24H26N8O5S. The predicted octanol–water partition coefficient (Wildman–Crippen LogP) is 1.67. The molecule has 0 unspecified atom stereocenters. The van der Waals surface area contributed by atoms with Crippen molar-refractivity contribution in [2.24, 2.45) is 11.7 Å². The molecule has 6 N–H and O–H groups in total.